The number of aromatic amines is 1. The smallest absolute Gasteiger partial charge is 0.150 e. The molecule has 1 aliphatic carbocycles. The normalized spacial score (nSPS) is 25.3. The van der Waals surface area contributed by atoms with E-state index in [0.717, 1.165) is 12.6 Å². The maximum atomic E-state index is 5.83. The molecule has 14 heavy (non-hydrogen) atoms. The zero-order chi connectivity index (χ0) is 9.92. The molecule has 2 aliphatic rings. The Morgan fingerprint density at radius 3 is 2.79 bits per heavy atom. The van der Waals surface area contributed by atoms with E-state index in [2.05, 4.69) is 28.9 Å². The molecule has 0 atom stereocenters. The highest BCUT2D eigenvalue weighted by molar-refractivity contribution is 5.47. The van der Waals surface area contributed by atoms with Crippen molar-refractivity contribution < 1.29 is 0 Å². The quantitative estimate of drug-likeness (QED) is 0.703. The molecule has 0 aromatic carbocycles. The first kappa shape index (κ1) is 8.29. The Hall–Kier alpha value is -1.03. The van der Waals surface area contributed by atoms with Gasteiger partial charge in [0, 0.05) is 18.2 Å². The van der Waals surface area contributed by atoms with Gasteiger partial charge in [0.1, 0.15) is 5.82 Å². The van der Waals surface area contributed by atoms with Crippen molar-refractivity contribution in [2.75, 3.05) is 5.73 Å². The number of nitrogens with zero attached hydrogens (tertiary/aromatic N) is 2. The molecular weight excluding hydrogens is 176 g/mol. The van der Waals surface area contributed by atoms with Crippen LogP contribution in [0.4, 0.5) is 5.82 Å². The van der Waals surface area contributed by atoms with Gasteiger partial charge < -0.3 is 5.73 Å². The minimum atomic E-state index is 0.0844. The zero-order valence-electron chi connectivity index (χ0n) is 8.67. The molecule has 4 nitrogen and oxygen atoms in total. The van der Waals surface area contributed by atoms with Crippen molar-refractivity contribution in [3.05, 3.63) is 11.3 Å². The highest BCUT2D eigenvalue weighted by Gasteiger charge is 2.46. The fourth-order valence-electron chi connectivity index (χ4n) is 2.53. The van der Waals surface area contributed by atoms with Crippen LogP contribution in [0.15, 0.2) is 0 Å². The van der Waals surface area contributed by atoms with E-state index in [4.69, 9.17) is 5.73 Å². The Morgan fingerprint density at radius 2 is 2.21 bits per heavy atom. The Bertz CT molecular complexity index is 375. The number of hydrogen-bond acceptors (Lipinski definition) is 3. The summed E-state index contributed by atoms with van der Waals surface area (Å²) in [5.74, 6) is 0.677. The van der Waals surface area contributed by atoms with E-state index in [1.807, 2.05) is 0 Å². The molecule has 2 heterocycles. The third kappa shape index (κ3) is 0.892. The van der Waals surface area contributed by atoms with Gasteiger partial charge in [-0.15, -0.1) is 0 Å². The third-order valence-corrected chi connectivity index (χ3v) is 3.55. The molecule has 3 N–H and O–H groups in total. The monoisotopic (exact) mass is 192 g/mol. The third-order valence-electron chi connectivity index (χ3n) is 3.55. The summed E-state index contributed by atoms with van der Waals surface area (Å²) in [4.78, 5) is 2.53. The average Bonchev–Trinajstić information content (AvgIpc) is 2.82. The summed E-state index contributed by atoms with van der Waals surface area (Å²) < 4.78 is 0. The topological polar surface area (TPSA) is 57.9 Å². The van der Waals surface area contributed by atoms with Crippen molar-refractivity contribution in [3.8, 4) is 0 Å². The molecule has 0 unspecified atom stereocenters. The van der Waals surface area contributed by atoms with Crippen LogP contribution >= 0.6 is 0 Å². The minimum Gasteiger partial charge on any atom is -0.382 e. The van der Waals surface area contributed by atoms with Crippen molar-refractivity contribution in [1.82, 2.24) is 15.1 Å². The molecule has 1 fully saturated rings. The molecule has 1 aliphatic heterocycles. The maximum Gasteiger partial charge on any atom is 0.150 e. The van der Waals surface area contributed by atoms with Crippen LogP contribution in [0, 0.1) is 0 Å². The summed E-state index contributed by atoms with van der Waals surface area (Å²) in [7, 11) is 0. The number of H-pyrrole nitrogens is 1. The van der Waals surface area contributed by atoms with Crippen LogP contribution in [0.3, 0.4) is 0 Å². The molecule has 1 saturated carbocycles. The molecule has 1 aromatic heterocycles. The summed E-state index contributed by atoms with van der Waals surface area (Å²) in [5.41, 5.74) is 8.33. The molecule has 3 rings (SSSR count). The number of nitrogen functional groups attached to an aromatic ring is 1. The van der Waals surface area contributed by atoms with Gasteiger partial charge in [0.2, 0.25) is 0 Å². The minimum absolute atomic E-state index is 0.0844. The molecule has 0 saturated heterocycles. The van der Waals surface area contributed by atoms with Crippen molar-refractivity contribution in [3.63, 3.8) is 0 Å². The zero-order valence-corrected chi connectivity index (χ0v) is 8.67. The van der Waals surface area contributed by atoms with Crippen LogP contribution < -0.4 is 5.73 Å². The predicted molar refractivity (Wildman–Crippen MR) is 54.6 cm³/mol. The van der Waals surface area contributed by atoms with Crippen molar-refractivity contribution >= 4 is 5.82 Å². The maximum absolute atomic E-state index is 5.83. The second kappa shape index (κ2) is 2.31. The molecular formula is C10H16N4. The lowest BCUT2D eigenvalue weighted by molar-refractivity contribution is 0.123. The number of rotatable bonds is 1. The van der Waals surface area contributed by atoms with Gasteiger partial charge in [0.05, 0.1) is 11.2 Å². The van der Waals surface area contributed by atoms with Crippen LogP contribution in [-0.2, 0) is 12.1 Å². The second-order valence-corrected chi connectivity index (χ2v) is 4.88. The van der Waals surface area contributed by atoms with Crippen LogP contribution in [0.25, 0.3) is 0 Å². The molecule has 76 valence electrons. The number of fused-ring (bicyclic) bond motifs is 1. The molecule has 0 amide bonds. The van der Waals surface area contributed by atoms with E-state index in [-0.39, 0.29) is 5.54 Å². The Kier molecular flexibility index (Phi) is 1.37. The Labute approximate surface area is 83.5 Å². The van der Waals surface area contributed by atoms with Crippen LogP contribution in [-0.4, -0.2) is 21.1 Å². The number of nitrogens with one attached hydrogen (secondary N) is 1. The van der Waals surface area contributed by atoms with E-state index >= 15 is 0 Å². The highest BCUT2D eigenvalue weighted by Crippen LogP contribution is 2.45. The van der Waals surface area contributed by atoms with Crippen LogP contribution in [0.5, 0.6) is 0 Å². The Morgan fingerprint density at radius 1 is 1.50 bits per heavy atom. The largest absolute Gasteiger partial charge is 0.382 e. The van der Waals surface area contributed by atoms with Gasteiger partial charge in [-0.05, 0) is 26.7 Å². The van der Waals surface area contributed by atoms with Crippen LogP contribution in [0.2, 0.25) is 0 Å². The van der Waals surface area contributed by atoms with Gasteiger partial charge in [-0.2, -0.15) is 5.10 Å². The van der Waals surface area contributed by atoms with Crippen molar-refractivity contribution in [2.45, 2.75) is 44.8 Å². The van der Waals surface area contributed by atoms with Gasteiger partial charge in [0.25, 0.3) is 0 Å². The van der Waals surface area contributed by atoms with E-state index in [1.165, 1.54) is 24.1 Å². The van der Waals surface area contributed by atoms with E-state index < -0.39 is 0 Å². The van der Waals surface area contributed by atoms with Gasteiger partial charge in [-0.25, -0.2) is 0 Å². The van der Waals surface area contributed by atoms with Crippen molar-refractivity contribution in [1.29, 1.82) is 0 Å². The van der Waals surface area contributed by atoms with Gasteiger partial charge in [-0.3, -0.25) is 10.00 Å². The summed E-state index contributed by atoms with van der Waals surface area (Å²) in [6.45, 7) is 5.46. The standard InChI is InChI=1S/C10H16N4/c1-10(2)8-7(9(11)13-12-8)5-14(10)6-3-4-6/h6H,3-5H2,1-2H3,(H3,11,12,13). The highest BCUT2D eigenvalue weighted by atomic mass is 15.3. The first-order chi connectivity index (χ1) is 6.60. The second-order valence-electron chi connectivity index (χ2n) is 4.88. The average molecular weight is 192 g/mol. The summed E-state index contributed by atoms with van der Waals surface area (Å²) in [6, 6.07) is 0.769. The number of nitrogens with two attached hydrogens (primary N) is 1. The summed E-state index contributed by atoms with van der Waals surface area (Å²) >= 11 is 0. The number of anilines is 1. The van der Waals surface area contributed by atoms with Gasteiger partial charge in [-0.1, -0.05) is 0 Å². The predicted octanol–water partition coefficient (Wildman–Crippen LogP) is 1.21. The lowest BCUT2D eigenvalue weighted by Crippen LogP contribution is -2.37. The molecule has 1 aromatic rings. The fourth-order valence-corrected chi connectivity index (χ4v) is 2.53. The molecule has 4 heteroatoms. The van der Waals surface area contributed by atoms with Gasteiger partial charge in [0.15, 0.2) is 0 Å². The lowest BCUT2D eigenvalue weighted by atomic mass is 10.0. The number of aromatic nitrogens is 2. The lowest BCUT2D eigenvalue weighted by Gasteiger charge is -2.31. The fraction of sp³-hybridized carbons (Fsp3) is 0.700. The summed E-state index contributed by atoms with van der Waals surface area (Å²) in [5, 5.41) is 7.15. The van der Waals surface area contributed by atoms with Crippen LogP contribution in [0.1, 0.15) is 37.9 Å². The molecule has 0 radical (unpaired) electrons. The summed E-state index contributed by atoms with van der Waals surface area (Å²) in [6.07, 6.45) is 2.67. The van der Waals surface area contributed by atoms with Crippen molar-refractivity contribution in [2.24, 2.45) is 0 Å². The van der Waals surface area contributed by atoms with E-state index in [1.54, 1.807) is 0 Å². The first-order valence-corrected chi connectivity index (χ1v) is 5.20. The molecule has 0 bridgehead atoms. The first-order valence-electron chi connectivity index (χ1n) is 5.20. The SMILES string of the molecule is CC1(C)c2[nH]nc(N)c2CN1C1CC1. The van der Waals surface area contributed by atoms with E-state index in [9.17, 15) is 0 Å². The van der Waals surface area contributed by atoms with Gasteiger partial charge >= 0.3 is 0 Å². The number of hydrogen-bond donors (Lipinski definition) is 2. The Balaban J connectivity index is 2.05. The molecule has 0 spiro atoms. The van der Waals surface area contributed by atoms with E-state index in [0.29, 0.717) is 5.82 Å².